The molecular formula is C22H20Se. The summed E-state index contributed by atoms with van der Waals surface area (Å²) >= 11 is 0.344. The van der Waals surface area contributed by atoms with Crippen molar-refractivity contribution in [2.45, 2.75) is 13.3 Å². The van der Waals surface area contributed by atoms with Gasteiger partial charge in [0.25, 0.3) is 0 Å². The molecule has 0 aromatic heterocycles. The SMILES string of the molecule is CCC([Se]c1ccccc1)=C(c1ccccc1)c1ccccc1. The summed E-state index contributed by atoms with van der Waals surface area (Å²) in [6.07, 6.45) is 1.08. The van der Waals surface area contributed by atoms with Crippen molar-refractivity contribution in [3.63, 3.8) is 0 Å². The Bertz CT molecular complexity index is 717. The van der Waals surface area contributed by atoms with Crippen LogP contribution < -0.4 is 4.46 Å². The van der Waals surface area contributed by atoms with Gasteiger partial charge in [-0.15, -0.1) is 0 Å². The van der Waals surface area contributed by atoms with Crippen molar-refractivity contribution in [2.24, 2.45) is 0 Å². The van der Waals surface area contributed by atoms with Crippen molar-refractivity contribution in [3.8, 4) is 0 Å². The molecule has 1 heteroatoms. The molecule has 0 N–H and O–H groups in total. The summed E-state index contributed by atoms with van der Waals surface area (Å²) in [6.45, 7) is 2.27. The fraction of sp³-hybridized carbons (Fsp3) is 0.0909. The van der Waals surface area contributed by atoms with Gasteiger partial charge >= 0.3 is 145 Å². The van der Waals surface area contributed by atoms with Gasteiger partial charge in [-0.25, -0.2) is 0 Å². The molecule has 0 heterocycles. The summed E-state index contributed by atoms with van der Waals surface area (Å²) in [5, 5.41) is 0. The van der Waals surface area contributed by atoms with Crippen LogP contribution in [-0.2, 0) is 0 Å². The topological polar surface area (TPSA) is 0 Å². The minimum atomic E-state index is 0.344. The first-order chi connectivity index (χ1) is 11.4. The Labute approximate surface area is 145 Å². The van der Waals surface area contributed by atoms with Crippen molar-refractivity contribution in [3.05, 3.63) is 107 Å². The van der Waals surface area contributed by atoms with Gasteiger partial charge < -0.3 is 0 Å². The molecule has 0 aliphatic heterocycles. The molecule has 0 saturated carbocycles. The zero-order valence-electron chi connectivity index (χ0n) is 13.3. The number of rotatable bonds is 5. The van der Waals surface area contributed by atoms with Gasteiger partial charge in [0, 0.05) is 0 Å². The van der Waals surface area contributed by atoms with E-state index in [1.165, 1.54) is 21.2 Å². The van der Waals surface area contributed by atoms with Crippen LogP contribution in [0.2, 0.25) is 0 Å². The minimum absolute atomic E-state index is 0.344. The van der Waals surface area contributed by atoms with Crippen LogP contribution >= 0.6 is 0 Å². The van der Waals surface area contributed by atoms with Crippen molar-refractivity contribution in [1.29, 1.82) is 0 Å². The van der Waals surface area contributed by atoms with Crippen molar-refractivity contribution < 1.29 is 0 Å². The quantitative estimate of drug-likeness (QED) is 0.567. The van der Waals surface area contributed by atoms with Crippen molar-refractivity contribution in [2.75, 3.05) is 0 Å². The number of allylic oxidation sites excluding steroid dienone is 1. The Morgan fingerprint density at radius 3 is 1.52 bits per heavy atom. The third kappa shape index (κ3) is 4.01. The molecule has 0 fully saturated rings. The Kier molecular flexibility index (Phi) is 5.47. The van der Waals surface area contributed by atoms with Crippen LogP contribution in [0.1, 0.15) is 24.5 Å². The molecule has 0 radical (unpaired) electrons. The molecule has 0 aliphatic rings. The van der Waals surface area contributed by atoms with Crippen LogP contribution in [0.3, 0.4) is 0 Å². The molecular weight excluding hydrogens is 343 g/mol. The first-order valence-corrected chi connectivity index (χ1v) is 9.66. The van der Waals surface area contributed by atoms with Crippen molar-refractivity contribution >= 4 is 25.0 Å². The average molecular weight is 363 g/mol. The van der Waals surface area contributed by atoms with E-state index in [1.54, 1.807) is 4.47 Å². The van der Waals surface area contributed by atoms with E-state index < -0.39 is 0 Å². The van der Waals surface area contributed by atoms with Gasteiger partial charge in [-0.2, -0.15) is 0 Å². The molecule has 0 unspecified atom stereocenters. The molecule has 3 aromatic rings. The number of benzene rings is 3. The third-order valence-corrected chi connectivity index (χ3v) is 6.33. The Balaban J connectivity index is 2.12. The molecule has 0 spiro atoms. The molecule has 0 saturated heterocycles. The first kappa shape index (κ1) is 15.8. The second-order valence-corrected chi connectivity index (χ2v) is 7.75. The first-order valence-electron chi connectivity index (χ1n) is 7.95. The Morgan fingerprint density at radius 2 is 1.09 bits per heavy atom. The predicted molar refractivity (Wildman–Crippen MR) is 101 cm³/mol. The van der Waals surface area contributed by atoms with E-state index >= 15 is 0 Å². The van der Waals surface area contributed by atoms with Crippen molar-refractivity contribution in [1.82, 2.24) is 0 Å². The zero-order valence-corrected chi connectivity index (χ0v) is 15.0. The summed E-state index contributed by atoms with van der Waals surface area (Å²) in [4.78, 5) is 0. The second kappa shape index (κ2) is 7.97. The Morgan fingerprint density at radius 1 is 0.652 bits per heavy atom. The molecule has 0 nitrogen and oxygen atoms in total. The van der Waals surface area contributed by atoms with E-state index in [2.05, 4.69) is 97.9 Å². The molecule has 3 aromatic carbocycles. The monoisotopic (exact) mass is 364 g/mol. The van der Waals surface area contributed by atoms with Gasteiger partial charge in [0.2, 0.25) is 0 Å². The van der Waals surface area contributed by atoms with Crippen LogP contribution in [0.25, 0.3) is 5.57 Å². The standard InChI is InChI=1S/C22H20Se/c1-2-21(23-20-16-10-5-11-17-20)22(18-12-6-3-7-13-18)19-14-8-4-9-15-19/h3-17H,2H2,1H3. The van der Waals surface area contributed by atoms with E-state index in [1.807, 2.05) is 0 Å². The maximum atomic E-state index is 2.27. The predicted octanol–water partition coefficient (Wildman–Crippen LogP) is 4.89. The van der Waals surface area contributed by atoms with Gasteiger partial charge in [0.05, 0.1) is 0 Å². The van der Waals surface area contributed by atoms with E-state index in [0.717, 1.165) is 6.42 Å². The van der Waals surface area contributed by atoms with E-state index in [0.29, 0.717) is 15.0 Å². The molecule has 0 aliphatic carbocycles. The summed E-state index contributed by atoms with van der Waals surface area (Å²) in [5.74, 6) is 0. The maximum absolute atomic E-state index is 2.27. The normalized spacial score (nSPS) is 10.3. The van der Waals surface area contributed by atoms with Crippen LogP contribution in [-0.4, -0.2) is 15.0 Å². The summed E-state index contributed by atoms with van der Waals surface area (Å²) in [6, 6.07) is 32.4. The van der Waals surface area contributed by atoms with Gasteiger partial charge in [-0.1, -0.05) is 0 Å². The molecule has 0 amide bonds. The van der Waals surface area contributed by atoms with Gasteiger partial charge in [0.1, 0.15) is 0 Å². The van der Waals surface area contributed by atoms with E-state index in [4.69, 9.17) is 0 Å². The summed E-state index contributed by atoms with van der Waals surface area (Å²) in [5.41, 5.74) is 4.03. The Hall–Kier alpha value is -2.08. The van der Waals surface area contributed by atoms with E-state index in [9.17, 15) is 0 Å². The van der Waals surface area contributed by atoms with E-state index in [-0.39, 0.29) is 0 Å². The van der Waals surface area contributed by atoms with Gasteiger partial charge in [-0.05, 0) is 0 Å². The fourth-order valence-electron chi connectivity index (χ4n) is 2.63. The number of hydrogen-bond acceptors (Lipinski definition) is 0. The third-order valence-electron chi connectivity index (χ3n) is 3.71. The molecule has 114 valence electrons. The average Bonchev–Trinajstić information content (AvgIpc) is 2.64. The van der Waals surface area contributed by atoms with Crippen LogP contribution in [0, 0.1) is 0 Å². The van der Waals surface area contributed by atoms with Crippen LogP contribution in [0.15, 0.2) is 95.5 Å². The molecule has 23 heavy (non-hydrogen) atoms. The van der Waals surface area contributed by atoms with Crippen LogP contribution in [0.5, 0.6) is 0 Å². The zero-order chi connectivity index (χ0) is 15.9. The van der Waals surface area contributed by atoms with Gasteiger partial charge in [-0.3, -0.25) is 0 Å². The fourth-order valence-corrected chi connectivity index (χ4v) is 4.85. The molecule has 0 atom stereocenters. The molecule has 0 bridgehead atoms. The number of hydrogen-bond donors (Lipinski definition) is 0. The summed E-state index contributed by atoms with van der Waals surface area (Å²) < 4.78 is 2.97. The van der Waals surface area contributed by atoms with Gasteiger partial charge in [0.15, 0.2) is 0 Å². The second-order valence-electron chi connectivity index (χ2n) is 5.30. The summed E-state index contributed by atoms with van der Waals surface area (Å²) in [7, 11) is 0. The molecule has 3 rings (SSSR count). The van der Waals surface area contributed by atoms with Crippen LogP contribution in [0.4, 0.5) is 0 Å².